The first-order chi connectivity index (χ1) is 12.7. The quantitative estimate of drug-likeness (QED) is 0.646. The molecule has 0 fully saturated rings. The van der Waals surface area contributed by atoms with Gasteiger partial charge in [-0.15, -0.1) is 0 Å². The minimum absolute atomic E-state index is 0.288. The van der Waals surface area contributed by atoms with Crippen LogP contribution in [-0.2, 0) is 6.61 Å². The molecule has 0 aliphatic heterocycles. The molecule has 1 aromatic heterocycles. The van der Waals surface area contributed by atoms with Gasteiger partial charge in [0.15, 0.2) is 23.1 Å². The summed E-state index contributed by atoms with van der Waals surface area (Å²) in [7, 11) is 1.60. The summed E-state index contributed by atoms with van der Waals surface area (Å²) < 4.78 is 16.6. The molecule has 136 valence electrons. The number of aromatic nitrogens is 3. The summed E-state index contributed by atoms with van der Waals surface area (Å²) in [4.78, 5) is 4.43. The van der Waals surface area contributed by atoms with Gasteiger partial charge in [-0.05, 0) is 36.8 Å². The van der Waals surface area contributed by atoms with Crippen molar-refractivity contribution in [1.82, 2.24) is 15.2 Å². The highest BCUT2D eigenvalue weighted by Gasteiger charge is 2.17. The van der Waals surface area contributed by atoms with Crippen molar-refractivity contribution in [2.45, 2.75) is 19.6 Å². The molecular weight excluding hydrogens is 332 g/mol. The summed E-state index contributed by atoms with van der Waals surface area (Å²) in [5.74, 6) is 3.17. The Morgan fingerprint density at radius 1 is 1.08 bits per heavy atom. The number of ether oxygens (including phenoxy) is 3. The molecule has 0 saturated heterocycles. The van der Waals surface area contributed by atoms with Crippen LogP contribution in [0.5, 0.6) is 17.2 Å². The Hall–Kier alpha value is -3.06. The van der Waals surface area contributed by atoms with E-state index in [0.29, 0.717) is 29.8 Å². The third-order valence-electron chi connectivity index (χ3n) is 3.79. The largest absolute Gasteiger partial charge is 0.493 e. The van der Waals surface area contributed by atoms with Gasteiger partial charge >= 0.3 is 0 Å². The molecule has 1 unspecified atom stereocenters. The molecule has 0 spiro atoms. The standard InChI is InChI=1S/C19H22N4O3/c1-3-25-15-10-9-13(11-16(15)24-2)18(20)19-21-17(22-23-19)12-26-14-7-5-4-6-8-14/h4-11,18H,3,12,20H2,1-2H3,(H,21,22,23). The number of hydrogen-bond donors (Lipinski definition) is 2. The molecule has 3 N–H and O–H groups in total. The van der Waals surface area contributed by atoms with Gasteiger partial charge in [0.2, 0.25) is 0 Å². The van der Waals surface area contributed by atoms with Crippen LogP contribution < -0.4 is 19.9 Å². The van der Waals surface area contributed by atoms with E-state index >= 15 is 0 Å². The second-order valence-corrected chi connectivity index (χ2v) is 5.56. The van der Waals surface area contributed by atoms with E-state index in [9.17, 15) is 0 Å². The Bertz CT molecular complexity index is 836. The normalized spacial score (nSPS) is 11.8. The summed E-state index contributed by atoms with van der Waals surface area (Å²) in [5.41, 5.74) is 7.14. The molecule has 0 aliphatic carbocycles. The van der Waals surface area contributed by atoms with E-state index in [1.54, 1.807) is 7.11 Å². The zero-order valence-corrected chi connectivity index (χ0v) is 14.8. The van der Waals surface area contributed by atoms with Crippen LogP contribution in [0.3, 0.4) is 0 Å². The number of para-hydroxylation sites is 1. The Labute approximate surface area is 152 Å². The predicted octanol–water partition coefficient (Wildman–Crippen LogP) is 2.84. The molecule has 7 heteroatoms. The summed E-state index contributed by atoms with van der Waals surface area (Å²) in [6.07, 6.45) is 0. The molecule has 1 atom stereocenters. The van der Waals surface area contributed by atoms with E-state index in [1.165, 1.54) is 0 Å². The topological polar surface area (TPSA) is 95.3 Å². The Kier molecular flexibility index (Phi) is 5.70. The molecule has 3 rings (SSSR count). The second kappa shape index (κ2) is 8.35. The number of nitrogens with zero attached hydrogens (tertiary/aromatic N) is 2. The number of nitrogens with one attached hydrogen (secondary N) is 1. The molecular formula is C19H22N4O3. The third-order valence-corrected chi connectivity index (χ3v) is 3.79. The van der Waals surface area contributed by atoms with Gasteiger partial charge in [0, 0.05) is 0 Å². The minimum Gasteiger partial charge on any atom is -0.493 e. The van der Waals surface area contributed by atoms with Crippen molar-refractivity contribution in [3.63, 3.8) is 0 Å². The SMILES string of the molecule is CCOc1ccc(C(N)c2n[nH]c(COc3ccccc3)n2)cc1OC. The van der Waals surface area contributed by atoms with E-state index in [0.717, 1.165) is 11.3 Å². The van der Waals surface area contributed by atoms with Crippen LogP contribution in [0.25, 0.3) is 0 Å². The Balaban J connectivity index is 1.70. The van der Waals surface area contributed by atoms with Crippen LogP contribution >= 0.6 is 0 Å². The lowest BCUT2D eigenvalue weighted by Gasteiger charge is -2.13. The van der Waals surface area contributed by atoms with Gasteiger partial charge < -0.3 is 19.9 Å². The van der Waals surface area contributed by atoms with Gasteiger partial charge in [0.1, 0.15) is 12.4 Å². The number of methoxy groups -OCH3 is 1. The number of H-pyrrole nitrogens is 1. The lowest BCUT2D eigenvalue weighted by molar-refractivity contribution is 0.296. The van der Waals surface area contributed by atoms with Crippen molar-refractivity contribution < 1.29 is 14.2 Å². The van der Waals surface area contributed by atoms with E-state index in [2.05, 4.69) is 15.2 Å². The molecule has 0 saturated carbocycles. The van der Waals surface area contributed by atoms with Crippen molar-refractivity contribution in [1.29, 1.82) is 0 Å². The van der Waals surface area contributed by atoms with Crippen molar-refractivity contribution in [2.24, 2.45) is 5.73 Å². The lowest BCUT2D eigenvalue weighted by Crippen LogP contribution is -2.14. The molecule has 0 bridgehead atoms. The molecule has 1 heterocycles. The first-order valence-electron chi connectivity index (χ1n) is 8.36. The highest BCUT2D eigenvalue weighted by atomic mass is 16.5. The first-order valence-corrected chi connectivity index (χ1v) is 8.36. The summed E-state index contributed by atoms with van der Waals surface area (Å²) >= 11 is 0. The molecule has 2 aromatic carbocycles. The molecule has 7 nitrogen and oxygen atoms in total. The average molecular weight is 354 g/mol. The third kappa shape index (κ3) is 4.12. The summed E-state index contributed by atoms with van der Waals surface area (Å²) in [6.45, 7) is 2.77. The minimum atomic E-state index is -0.485. The maximum absolute atomic E-state index is 6.30. The van der Waals surface area contributed by atoms with E-state index < -0.39 is 6.04 Å². The number of rotatable bonds is 8. The van der Waals surface area contributed by atoms with E-state index in [4.69, 9.17) is 19.9 Å². The second-order valence-electron chi connectivity index (χ2n) is 5.56. The van der Waals surface area contributed by atoms with Crippen LogP contribution in [0.4, 0.5) is 0 Å². The van der Waals surface area contributed by atoms with Gasteiger partial charge in [-0.25, -0.2) is 4.98 Å². The van der Waals surface area contributed by atoms with Gasteiger partial charge in [0.05, 0.1) is 19.8 Å². The number of aromatic amines is 1. The Morgan fingerprint density at radius 3 is 2.62 bits per heavy atom. The van der Waals surface area contributed by atoms with Crippen molar-refractivity contribution in [3.8, 4) is 17.2 Å². The van der Waals surface area contributed by atoms with Gasteiger partial charge in [0.25, 0.3) is 0 Å². The lowest BCUT2D eigenvalue weighted by atomic mass is 10.1. The molecule has 3 aromatic rings. The van der Waals surface area contributed by atoms with Crippen LogP contribution in [0.2, 0.25) is 0 Å². The molecule has 0 amide bonds. The maximum atomic E-state index is 6.30. The number of hydrogen-bond acceptors (Lipinski definition) is 6. The number of nitrogens with two attached hydrogens (primary N) is 1. The smallest absolute Gasteiger partial charge is 0.172 e. The van der Waals surface area contributed by atoms with Crippen LogP contribution in [0.15, 0.2) is 48.5 Å². The summed E-state index contributed by atoms with van der Waals surface area (Å²) in [5, 5.41) is 7.07. The van der Waals surface area contributed by atoms with Crippen molar-refractivity contribution in [2.75, 3.05) is 13.7 Å². The fourth-order valence-electron chi connectivity index (χ4n) is 2.48. The molecule has 26 heavy (non-hydrogen) atoms. The van der Waals surface area contributed by atoms with E-state index in [-0.39, 0.29) is 6.61 Å². The number of benzene rings is 2. The van der Waals surface area contributed by atoms with Gasteiger partial charge in [-0.2, -0.15) is 5.10 Å². The van der Waals surface area contributed by atoms with Crippen LogP contribution in [0, 0.1) is 0 Å². The highest BCUT2D eigenvalue weighted by Crippen LogP contribution is 2.31. The highest BCUT2D eigenvalue weighted by molar-refractivity contribution is 5.44. The van der Waals surface area contributed by atoms with Gasteiger partial charge in [-0.1, -0.05) is 24.3 Å². The first kappa shape index (κ1) is 17.8. The summed E-state index contributed by atoms with van der Waals surface area (Å²) in [6, 6.07) is 14.6. The van der Waals surface area contributed by atoms with E-state index in [1.807, 2.05) is 55.5 Å². The van der Waals surface area contributed by atoms with Crippen molar-refractivity contribution >= 4 is 0 Å². The van der Waals surface area contributed by atoms with Crippen LogP contribution in [-0.4, -0.2) is 28.9 Å². The fourth-order valence-corrected chi connectivity index (χ4v) is 2.48. The Morgan fingerprint density at radius 2 is 1.88 bits per heavy atom. The zero-order valence-electron chi connectivity index (χ0n) is 14.8. The fraction of sp³-hybridized carbons (Fsp3) is 0.263. The molecule has 0 radical (unpaired) electrons. The van der Waals surface area contributed by atoms with Crippen LogP contribution in [0.1, 0.15) is 30.2 Å². The van der Waals surface area contributed by atoms with Gasteiger partial charge in [-0.3, -0.25) is 5.10 Å². The predicted molar refractivity (Wildman–Crippen MR) is 97.4 cm³/mol. The average Bonchev–Trinajstić information content (AvgIpc) is 3.16. The molecule has 0 aliphatic rings. The monoisotopic (exact) mass is 354 g/mol. The maximum Gasteiger partial charge on any atom is 0.172 e. The van der Waals surface area contributed by atoms with Crippen molar-refractivity contribution in [3.05, 3.63) is 65.7 Å². The zero-order chi connectivity index (χ0) is 18.4.